The third-order valence-electron chi connectivity index (χ3n) is 3.43. The first-order valence-corrected chi connectivity index (χ1v) is 6.69. The summed E-state index contributed by atoms with van der Waals surface area (Å²) in [5.74, 6) is 0.00895. The molecule has 18 heavy (non-hydrogen) atoms. The fourth-order valence-corrected chi connectivity index (χ4v) is 3.07. The molecule has 1 atom stereocenters. The fraction of sp³-hybridized carbons (Fsp3) is 0.385. The quantitative estimate of drug-likeness (QED) is 0.823. The van der Waals surface area contributed by atoms with E-state index in [0.717, 1.165) is 22.4 Å². The van der Waals surface area contributed by atoms with Crippen molar-refractivity contribution in [1.82, 2.24) is 0 Å². The largest absolute Gasteiger partial charge is 0.379 e. The summed E-state index contributed by atoms with van der Waals surface area (Å²) in [6.45, 7) is 2.73. The van der Waals surface area contributed by atoms with Gasteiger partial charge in [-0.2, -0.15) is 0 Å². The standard InChI is InChI=1S/C13H13NO3S/c1-8-12(16)14-10-4-9(2-3-11(10)18-8)13(5-15)6-17-7-13/h2-5,8H,6-7H2,1H3,(H,14,16). The van der Waals surface area contributed by atoms with Gasteiger partial charge >= 0.3 is 0 Å². The molecule has 0 bridgehead atoms. The molecule has 1 N–H and O–H groups in total. The zero-order valence-corrected chi connectivity index (χ0v) is 10.8. The molecule has 1 saturated heterocycles. The maximum absolute atomic E-state index is 11.6. The van der Waals surface area contributed by atoms with Crippen LogP contribution in [0.5, 0.6) is 0 Å². The Morgan fingerprint density at radius 3 is 2.89 bits per heavy atom. The first-order valence-electron chi connectivity index (χ1n) is 5.81. The summed E-state index contributed by atoms with van der Waals surface area (Å²) >= 11 is 1.54. The van der Waals surface area contributed by atoms with Crippen LogP contribution in [0.2, 0.25) is 0 Å². The molecule has 0 radical (unpaired) electrons. The minimum absolute atomic E-state index is 0.00895. The topological polar surface area (TPSA) is 55.4 Å². The molecule has 2 heterocycles. The number of thioether (sulfide) groups is 1. The van der Waals surface area contributed by atoms with Crippen LogP contribution in [0.4, 0.5) is 5.69 Å². The number of aldehydes is 1. The highest BCUT2D eigenvalue weighted by Crippen LogP contribution is 2.39. The van der Waals surface area contributed by atoms with Crippen molar-refractivity contribution in [1.29, 1.82) is 0 Å². The lowest BCUT2D eigenvalue weighted by Gasteiger charge is -2.37. The van der Waals surface area contributed by atoms with Gasteiger partial charge in [-0.3, -0.25) is 4.79 Å². The lowest BCUT2D eigenvalue weighted by molar-refractivity contribution is -0.129. The second kappa shape index (κ2) is 4.10. The molecule has 0 spiro atoms. The molecule has 1 fully saturated rings. The zero-order valence-electron chi connectivity index (χ0n) is 9.93. The van der Waals surface area contributed by atoms with Crippen molar-refractivity contribution in [3.05, 3.63) is 23.8 Å². The van der Waals surface area contributed by atoms with Crippen LogP contribution in [-0.2, 0) is 19.7 Å². The minimum atomic E-state index is -0.520. The highest BCUT2D eigenvalue weighted by atomic mass is 32.2. The Hall–Kier alpha value is -1.33. The Labute approximate surface area is 109 Å². The van der Waals surface area contributed by atoms with Gasteiger partial charge in [0.05, 0.1) is 29.6 Å². The van der Waals surface area contributed by atoms with Crippen LogP contribution in [-0.4, -0.2) is 30.7 Å². The molecule has 0 aromatic heterocycles. The summed E-state index contributed by atoms with van der Waals surface area (Å²) in [6.07, 6.45) is 0.943. The van der Waals surface area contributed by atoms with Gasteiger partial charge in [0.15, 0.2) is 0 Å². The Kier molecular flexibility index (Phi) is 2.68. The van der Waals surface area contributed by atoms with Crippen molar-refractivity contribution in [2.75, 3.05) is 18.5 Å². The molecule has 3 rings (SSSR count). The van der Waals surface area contributed by atoms with Crippen LogP contribution in [0.15, 0.2) is 23.1 Å². The zero-order chi connectivity index (χ0) is 12.8. The van der Waals surface area contributed by atoms with Gasteiger partial charge in [-0.1, -0.05) is 6.07 Å². The van der Waals surface area contributed by atoms with E-state index in [-0.39, 0.29) is 11.2 Å². The third-order valence-corrected chi connectivity index (χ3v) is 4.61. The Bertz CT molecular complexity index is 525. The highest BCUT2D eigenvalue weighted by Gasteiger charge is 2.41. The molecular formula is C13H13NO3S. The van der Waals surface area contributed by atoms with Crippen LogP contribution in [0.3, 0.4) is 0 Å². The predicted molar refractivity (Wildman–Crippen MR) is 69.0 cm³/mol. The molecule has 1 unspecified atom stereocenters. The van der Waals surface area contributed by atoms with Crippen molar-refractivity contribution < 1.29 is 14.3 Å². The number of ether oxygens (including phenoxy) is 1. The van der Waals surface area contributed by atoms with Crippen LogP contribution >= 0.6 is 11.8 Å². The highest BCUT2D eigenvalue weighted by molar-refractivity contribution is 8.00. The maximum Gasteiger partial charge on any atom is 0.237 e. The van der Waals surface area contributed by atoms with Crippen molar-refractivity contribution in [3.8, 4) is 0 Å². The summed E-state index contributed by atoms with van der Waals surface area (Å²) in [7, 11) is 0. The molecule has 1 aromatic rings. The van der Waals surface area contributed by atoms with Gasteiger partial charge in [0, 0.05) is 4.90 Å². The maximum atomic E-state index is 11.6. The first kappa shape index (κ1) is 11.7. The summed E-state index contributed by atoms with van der Waals surface area (Å²) in [5.41, 5.74) is 1.19. The predicted octanol–water partition coefficient (Wildman–Crippen LogP) is 1.59. The van der Waals surface area contributed by atoms with Gasteiger partial charge in [-0.15, -0.1) is 11.8 Å². The van der Waals surface area contributed by atoms with Crippen molar-refractivity contribution >= 4 is 29.6 Å². The van der Waals surface area contributed by atoms with Crippen LogP contribution in [0.25, 0.3) is 0 Å². The van der Waals surface area contributed by atoms with Crippen LogP contribution in [0.1, 0.15) is 12.5 Å². The van der Waals surface area contributed by atoms with Crippen LogP contribution in [0, 0.1) is 0 Å². The number of hydrogen-bond donors (Lipinski definition) is 1. The van der Waals surface area contributed by atoms with Gasteiger partial charge in [0.1, 0.15) is 6.29 Å². The number of carbonyl (C=O) groups is 2. The van der Waals surface area contributed by atoms with Crippen LogP contribution < -0.4 is 5.32 Å². The molecule has 1 aromatic carbocycles. The number of rotatable bonds is 2. The van der Waals surface area contributed by atoms with E-state index in [9.17, 15) is 9.59 Å². The SMILES string of the molecule is CC1Sc2ccc(C3(C=O)COC3)cc2NC1=O. The molecule has 0 aliphatic carbocycles. The van der Waals surface area contributed by atoms with E-state index in [2.05, 4.69) is 5.32 Å². The molecule has 2 aliphatic rings. The van der Waals surface area contributed by atoms with E-state index in [4.69, 9.17) is 4.74 Å². The molecule has 1 amide bonds. The van der Waals surface area contributed by atoms with Gasteiger partial charge in [-0.25, -0.2) is 0 Å². The van der Waals surface area contributed by atoms with Gasteiger partial charge in [0.2, 0.25) is 5.91 Å². The summed E-state index contributed by atoms with van der Waals surface area (Å²) in [6, 6.07) is 5.81. The van der Waals surface area contributed by atoms with Crippen molar-refractivity contribution in [2.45, 2.75) is 22.5 Å². The minimum Gasteiger partial charge on any atom is -0.379 e. The van der Waals surface area contributed by atoms with E-state index in [1.165, 1.54) is 0 Å². The number of amides is 1. The molecular weight excluding hydrogens is 250 g/mol. The lowest BCUT2D eigenvalue weighted by atomic mass is 9.80. The van der Waals surface area contributed by atoms with E-state index >= 15 is 0 Å². The fourth-order valence-electron chi connectivity index (χ4n) is 2.14. The number of benzene rings is 1. The second-order valence-electron chi connectivity index (χ2n) is 4.73. The van der Waals surface area contributed by atoms with E-state index in [1.54, 1.807) is 11.8 Å². The third kappa shape index (κ3) is 1.66. The van der Waals surface area contributed by atoms with E-state index in [0.29, 0.717) is 13.2 Å². The van der Waals surface area contributed by atoms with Crippen molar-refractivity contribution in [3.63, 3.8) is 0 Å². The number of fused-ring (bicyclic) bond motifs is 1. The molecule has 5 heteroatoms. The summed E-state index contributed by atoms with van der Waals surface area (Å²) < 4.78 is 5.14. The number of carbonyl (C=O) groups excluding carboxylic acids is 2. The lowest BCUT2D eigenvalue weighted by Crippen LogP contribution is -2.48. The Balaban J connectivity index is 1.99. The Morgan fingerprint density at radius 2 is 2.28 bits per heavy atom. The van der Waals surface area contributed by atoms with Crippen molar-refractivity contribution in [2.24, 2.45) is 0 Å². The molecule has 2 aliphatic heterocycles. The molecule has 4 nitrogen and oxygen atoms in total. The van der Waals surface area contributed by atoms with Gasteiger partial charge in [-0.05, 0) is 24.6 Å². The summed E-state index contributed by atoms with van der Waals surface area (Å²) in [4.78, 5) is 23.9. The number of hydrogen-bond acceptors (Lipinski definition) is 4. The average molecular weight is 263 g/mol. The number of anilines is 1. The Morgan fingerprint density at radius 1 is 1.50 bits per heavy atom. The molecule has 0 saturated carbocycles. The normalized spacial score (nSPS) is 24.7. The monoisotopic (exact) mass is 263 g/mol. The second-order valence-corrected chi connectivity index (χ2v) is 6.11. The first-order chi connectivity index (χ1) is 8.64. The van der Waals surface area contributed by atoms with E-state index < -0.39 is 5.41 Å². The van der Waals surface area contributed by atoms with Gasteiger partial charge in [0.25, 0.3) is 0 Å². The smallest absolute Gasteiger partial charge is 0.237 e. The van der Waals surface area contributed by atoms with Gasteiger partial charge < -0.3 is 14.8 Å². The summed E-state index contributed by atoms with van der Waals surface area (Å²) in [5, 5.41) is 2.80. The van der Waals surface area contributed by atoms with E-state index in [1.807, 2.05) is 25.1 Å². The molecule has 94 valence electrons. The average Bonchev–Trinajstić information content (AvgIpc) is 2.30. The number of nitrogens with one attached hydrogen (secondary N) is 1.